The number of likely N-dealkylation sites (tertiary alicyclic amines) is 1. The predicted octanol–water partition coefficient (Wildman–Crippen LogP) is 8.66. The third-order valence-corrected chi connectivity index (χ3v) is 12.9. The van der Waals surface area contributed by atoms with Gasteiger partial charge in [0.25, 0.3) is 5.91 Å². The van der Waals surface area contributed by atoms with Crippen molar-refractivity contribution in [1.29, 1.82) is 0 Å². The number of benzene rings is 4. The molecule has 3 aliphatic heterocycles. The Morgan fingerprint density at radius 1 is 0.672 bits per heavy atom. The first kappa shape index (κ1) is 36.2. The van der Waals surface area contributed by atoms with Gasteiger partial charge in [-0.2, -0.15) is 0 Å². The lowest BCUT2D eigenvalue weighted by molar-refractivity contribution is 0.0566. The smallest absolute Gasteiger partial charge is 0.410 e. The molecule has 9 nitrogen and oxygen atoms in total. The fourth-order valence-electron chi connectivity index (χ4n) is 9.95. The summed E-state index contributed by atoms with van der Waals surface area (Å²) in [6, 6.07) is 36.3. The Balaban J connectivity index is 0.997. The van der Waals surface area contributed by atoms with E-state index in [9.17, 15) is 14.7 Å². The quantitative estimate of drug-likeness (QED) is 0.175. The molecule has 1 N–H and O–H groups in total. The number of hydrogen-bond donors (Lipinski definition) is 1. The van der Waals surface area contributed by atoms with E-state index >= 15 is 4.79 Å². The molecule has 6 aromatic rings. The first-order chi connectivity index (χ1) is 28.4. The van der Waals surface area contributed by atoms with Crippen LogP contribution in [0, 0.1) is 0 Å². The van der Waals surface area contributed by atoms with Crippen molar-refractivity contribution in [3.63, 3.8) is 0 Å². The number of fused-ring (bicyclic) bond motifs is 6. The summed E-state index contributed by atoms with van der Waals surface area (Å²) in [5.74, 6) is -1.15. The minimum absolute atomic E-state index is 0.0275. The number of aromatic carboxylic acids is 1. The highest BCUT2D eigenvalue weighted by atomic mass is 16.6. The molecule has 0 unspecified atom stereocenters. The van der Waals surface area contributed by atoms with E-state index in [-0.39, 0.29) is 36.1 Å². The largest absolute Gasteiger partial charge is 0.478 e. The zero-order valence-corrected chi connectivity index (χ0v) is 32.5. The highest BCUT2D eigenvalue weighted by Gasteiger charge is 2.36. The van der Waals surface area contributed by atoms with Crippen molar-refractivity contribution < 1.29 is 24.2 Å². The fraction of sp³-hybridized carbons (Fsp3) is 0.286. The van der Waals surface area contributed by atoms with Gasteiger partial charge in [0.2, 0.25) is 0 Å². The number of hydrogen-bond acceptors (Lipinski definition) is 5. The summed E-state index contributed by atoms with van der Waals surface area (Å²) in [6.45, 7) is 4.36. The van der Waals surface area contributed by atoms with Crippen molar-refractivity contribution in [2.24, 2.45) is 0 Å². The Morgan fingerprint density at radius 2 is 1.38 bits per heavy atom. The summed E-state index contributed by atoms with van der Waals surface area (Å²) >= 11 is 0. The van der Waals surface area contributed by atoms with E-state index in [4.69, 9.17) is 4.74 Å². The monoisotopic (exact) mass is 770 g/mol. The molecule has 4 aliphatic rings. The molecular weight excluding hydrogens is 725 g/mol. The molecule has 1 saturated heterocycles. The van der Waals surface area contributed by atoms with Crippen molar-refractivity contribution >= 4 is 23.5 Å². The number of carbonyl (C=O) groups excluding carboxylic acids is 2. The van der Waals surface area contributed by atoms with Gasteiger partial charge in [0, 0.05) is 55.5 Å². The van der Waals surface area contributed by atoms with E-state index in [1.807, 2.05) is 64.0 Å². The number of amides is 2. The number of nitrogens with zero attached hydrogens (tertiary/aromatic N) is 4. The molecule has 0 spiro atoms. The van der Waals surface area contributed by atoms with E-state index in [2.05, 4.69) is 53.4 Å². The van der Waals surface area contributed by atoms with Gasteiger partial charge in [-0.15, -0.1) is 0 Å². The van der Waals surface area contributed by atoms with Crippen LogP contribution in [-0.2, 0) is 30.7 Å². The second-order valence-corrected chi connectivity index (χ2v) is 16.3. The van der Waals surface area contributed by atoms with Gasteiger partial charge in [0.1, 0.15) is 6.61 Å². The molecule has 58 heavy (non-hydrogen) atoms. The van der Waals surface area contributed by atoms with Crippen LogP contribution in [0.3, 0.4) is 0 Å². The molecule has 0 saturated carbocycles. The number of carboxylic acid groups (broad SMARTS) is 1. The normalized spacial score (nSPS) is 17.7. The molecule has 9 heteroatoms. The Bertz CT molecular complexity index is 2540. The maximum atomic E-state index is 15.4. The van der Waals surface area contributed by atoms with Gasteiger partial charge < -0.3 is 28.9 Å². The zero-order valence-electron chi connectivity index (χ0n) is 32.5. The average Bonchev–Trinajstić information content (AvgIpc) is 3.81. The Kier molecular flexibility index (Phi) is 9.33. The first-order valence-corrected chi connectivity index (χ1v) is 20.6. The molecule has 10 rings (SSSR count). The van der Waals surface area contributed by atoms with E-state index in [1.54, 1.807) is 17.0 Å². The maximum Gasteiger partial charge on any atom is 0.410 e. The van der Waals surface area contributed by atoms with Crippen LogP contribution < -0.4 is 0 Å². The van der Waals surface area contributed by atoms with Gasteiger partial charge in [0.15, 0.2) is 0 Å². The molecule has 5 heterocycles. The Morgan fingerprint density at radius 3 is 2.14 bits per heavy atom. The molecule has 2 amide bonds. The van der Waals surface area contributed by atoms with Crippen molar-refractivity contribution in [3.8, 4) is 22.4 Å². The summed E-state index contributed by atoms with van der Waals surface area (Å²) in [4.78, 5) is 48.0. The van der Waals surface area contributed by atoms with Crippen LogP contribution in [0.15, 0.2) is 115 Å². The third-order valence-electron chi connectivity index (χ3n) is 12.9. The van der Waals surface area contributed by atoms with Crippen LogP contribution in [0.4, 0.5) is 4.79 Å². The highest BCUT2D eigenvalue weighted by Crippen LogP contribution is 2.45. The van der Waals surface area contributed by atoms with Gasteiger partial charge in [-0.25, -0.2) is 9.59 Å². The highest BCUT2D eigenvalue weighted by molar-refractivity contribution is 6.04. The van der Waals surface area contributed by atoms with Crippen LogP contribution in [0.25, 0.3) is 27.9 Å². The SMILES string of the molecule is O=C(O)c1cc(-c2cc3c(cc2C(=O)N2Cc4ccccc4C[C@H]2CN2CCCCC2)CN(C(=O)OCC2c4ccccc4-c4ccccc42)CC3)n2ccccc12. The topological polar surface area (TPSA) is 94.8 Å². The predicted molar refractivity (Wildman–Crippen MR) is 223 cm³/mol. The van der Waals surface area contributed by atoms with Crippen LogP contribution in [-0.4, -0.2) is 81.0 Å². The van der Waals surface area contributed by atoms with Crippen molar-refractivity contribution in [2.45, 2.75) is 57.2 Å². The lowest BCUT2D eigenvalue weighted by Gasteiger charge is -2.41. The zero-order chi connectivity index (χ0) is 39.3. The molecule has 1 aliphatic carbocycles. The van der Waals surface area contributed by atoms with Crippen LogP contribution in [0.5, 0.6) is 0 Å². The Labute approximate surface area is 338 Å². The summed E-state index contributed by atoms with van der Waals surface area (Å²) in [7, 11) is 0. The first-order valence-electron chi connectivity index (χ1n) is 20.6. The van der Waals surface area contributed by atoms with E-state index in [1.165, 1.54) is 47.1 Å². The lowest BCUT2D eigenvalue weighted by atomic mass is 9.89. The van der Waals surface area contributed by atoms with Crippen molar-refractivity contribution in [2.75, 3.05) is 32.8 Å². The van der Waals surface area contributed by atoms with Crippen molar-refractivity contribution in [1.82, 2.24) is 19.1 Å². The standard InChI is InChI=1S/C49H46N4O5/c54-47(53-29-34-13-3-2-12-32(34)24-36(53)30-50-20-9-1-10-21-50)42-26-35-28-51(49(57)58-31-44-39-16-6-4-14-37(39)38-15-5-7-17-40(38)44)23-19-33(35)25-41(42)46-27-43(48(55)56)45-18-8-11-22-52(45)46/h2-8,11-18,22,25-27,36,44H,1,9-10,19-21,23-24,28-31H2,(H,55,56)/t36-/m0/s1. The third kappa shape index (κ3) is 6.43. The summed E-state index contributed by atoms with van der Waals surface area (Å²) < 4.78 is 7.98. The molecule has 292 valence electrons. The molecule has 1 atom stereocenters. The number of carboxylic acids is 1. The van der Waals surface area contributed by atoms with Crippen molar-refractivity contribution in [3.05, 3.63) is 160 Å². The summed E-state index contributed by atoms with van der Waals surface area (Å²) in [5, 5.41) is 10.2. The summed E-state index contributed by atoms with van der Waals surface area (Å²) in [6.07, 6.45) is 6.40. The number of piperidine rings is 1. The van der Waals surface area contributed by atoms with Gasteiger partial charge in [-0.05, 0) is 114 Å². The van der Waals surface area contributed by atoms with E-state index in [0.717, 1.165) is 42.7 Å². The molecular formula is C49H46N4O5. The minimum atomic E-state index is -1.02. The van der Waals surface area contributed by atoms with E-state index in [0.29, 0.717) is 48.4 Å². The molecule has 0 radical (unpaired) electrons. The number of rotatable bonds is 7. The van der Waals surface area contributed by atoms with Crippen LogP contribution >= 0.6 is 0 Å². The number of carbonyl (C=O) groups is 3. The van der Waals surface area contributed by atoms with Gasteiger partial charge in [0.05, 0.1) is 16.8 Å². The van der Waals surface area contributed by atoms with Crippen LogP contribution in [0.2, 0.25) is 0 Å². The minimum Gasteiger partial charge on any atom is -0.478 e. The van der Waals surface area contributed by atoms with E-state index < -0.39 is 5.97 Å². The fourth-order valence-corrected chi connectivity index (χ4v) is 9.95. The maximum absolute atomic E-state index is 15.4. The molecule has 1 fully saturated rings. The van der Waals surface area contributed by atoms with Gasteiger partial charge >= 0.3 is 12.1 Å². The van der Waals surface area contributed by atoms with Gasteiger partial charge in [-0.1, -0.05) is 85.3 Å². The summed E-state index contributed by atoms with van der Waals surface area (Å²) in [5.41, 5.74) is 11.7. The number of aromatic nitrogens is 1. The average molecular weight is 771 g/mol. The molecule has 2 aromatic heterocycles. The van der Waals surface area contributed by atoms with Crippen LogP contribution in [0.1, 0.15) is 79.3 Å². The Hall–Kier alpha value is -6.19. The number of ether oxygens (including phenoxy) is 1. The second-order valence-electron chi connectivity index (χ2n) is 16.3. The molecule has 4 aromatic carbocycles. The number of pyridine rings is 1. The lowest BCUT2D eigenvalue weighted by Crippen LogP contribution is -2.51. The molecule has 0 bridgehead atoms. The second kappa shape index (κ2) is 15.0. The van der Waals surface area contributed by atoms with Gasteiger partial charge in [-0.3, -0.25) is 4.79 Å².